The van der Waals surface area contributed by atoms with E-state index in [0.29, 0.717) is 17.8 Å². The van der Waals surface area contributed by atoms with E-state index in [9.17, 15) is 4.79 Å². The van der Waals surface area contributed by atoms with Crippen LogP contribution in [-0.4, -0.2) is 20.9 Å². The molecule has 0 aliphatic rings. The molecule has 0 saturated carbocycles. The van der Waals surface area contributed by atoms with Crippen molar-refractivity contribution in [2.45, 2.75) is 6.54 Å². The van der Waals surface area contributed by atoms with Crippen LogP contribution in [0.25, 0.3) is 22.3 Å². The van der Waals surface area contributed by atoms with E-state index in [2.05, 4.69) is 20.3 Å². The number of hydrogen-bond donors (Lipinski definition) is 1. The maximum atomic E-state index is 12.3. The molecule has 1 amide bonds. The van der Waals surface area contributed by atoms with Gasteiger partial charge in [0, 0.05) is 18.3 Å². The highest BCUT2D eigenvalue weighted by Gasteiger charge is 2.09. The molecule has 3 heterocycles. The first-order chi connectivity index (χ1) is 12.3. The SMILES string of the molecule is O=C(NCc1ccc(-c2ccoc2)nc1)c1cnc2ccccc2n1. The highest BCUT2D eigenvalue weighted by Crippen LogP contribution is 2.17. The van der Waals surface area contributed by atoms with Gasteiger partial charge in [0.2, 0.25) is 0 Å². The summed E-state index contributed by atoms with van der Waals surface area (Å²) in [6.45, 7) is 0.367. The molecule has 0 aliphatic heterocycles. The number of para-hydroxylation sites is 2. The summed E-state index contributed by atoms with van der Waals surface area (Å²) in [4.78, 5) is 25.2. The van der Waals surface area contributed by atoms with Gasteiger partial charge in [-0.1, -0.05) is 18.2 Å². The van der Waals surface area contributed by atoms with Crippen molar-refractivity contribution in [1.82, 2.24) is 20.3 Å². The Balaban J connectivity index is 1.44. The fourth-order valence-corrected chi connectivity index (χ4v) is 2.45. The Morgan fingerprint density at radius 3 is 2.64 bits per heavy atom. The van der Waals surface area contributed by atoms with Crippen molar-refractivity contribution >= 4 is 16.9 Å². The van der Waals surface area contributed by atoms with Crippen molar-refractivity contribution < 1.29 is 9.21 Å². The second kappa shape index (κ2) is 6.52. The van der Waals surface area contributed by atoms with Crippen molar-refractivity contribution in [2.75, 3.05) is 0 Å². The molecule has 0 atom stereocenters. The molecule has 0 fully saturated rings. The van der Waals surface area contributed by atoms with Crippen LogP contribution in [0.2, 0.25) is 0 Å². The molecule has 0 bridgehead atoms. The largest absolute Gasteiger partial charge is 0.472 e. The standard InChI is InChI=1S/C19H14N4O2/c24-19(18-11-21-16-3-1-2-4-17(16)23-18)22-10-13-5-6-15(20-9-13)14-7-8-25-12-14/h1-9,11-12H,10H2,(H,22,24). The first-order valence-corrected chi connectivity index (χ1v) is 7.77. The van der Waals surface area contributed by atoms with Gasteiger partial charge in [-0.25, -0.2) is 4.98 Å². The predicted molar refractivity (Wildman–Crippen MR) is 92.6 cm³/mol. The van der Waals surface area contributed by atoms with Gasteiger partial charge in [-0.15, -0.1) is 0 Å². The number of rotatable bonds is 4. The highest BCUT2D eigenvalue weighted by atomic mass is 16.3. The average molecular weight is 330 g/mol. The van der Waals surface area contributed by atoms with E-state index < -0.39 is 0 Å². The van der Waals surface area contributed by atoms with Crippen LogP contribution < -0.4 is 5.32 Å². The van der Waals surface area contributed by atoms with Gasteiger partial charge >= 0.3 is 0 Å². The van der Waals surface area contributed by atoms with E-state index in [1.165, 1.54) is 6.20 Å². The van der Waals surface area contributed by atoms with Crippen molar-refractivity contribution in [1.29, 1.82) is 0 Å². The topological polar surface area (TPSA) is 80.9 Å². The molecule has 6 heteroatoms. The summed E-state index contributed by atoms with van der Waals surface area (Å²) in [5.41, 5.74) is 4.39. The molecule has 4 rings (SSSR count). The van der Waals surface area contributed by atoms with Crippen molar-refractivity contribution in [2.24, 2.45) is 0 Å². The number of furan rings is 1. The monoisotopic (exact) mass is 330 g/mol. The molecule has 3 aromatic heterocycles. The number of aromatic nitrogens is 3. The maximum absolute atomic E-state index is 12.3. The van der Waals surface area contributed by atoms with E-state index >= 15 is 0 Å². The smallest absolute Gasteiger partial charge is 0.271 e. The molecule has 25 heavy (non-hydrogen) atoms. The number of nitrogens with one attached hydrogen (secondary N) is 1. The second-order valence-corrected chi connectivity index (χ2v) is 5.49. The third-order valence-electron chi connectivity index (χ3n) is 3.78. The Hall–Kier alpha value is -3.54. The van der Waals surface area contributed by atoms with Crippen LogP contribution in [0.15, 0.2) is 71.8 Å². The zero-order valence-corrected chi connectivity index (χ0v) is 13.2. The lowest BCUT2D eigenvalue weighted by atomic mass is 10.2. The minimum Gasteiger partial charge on any atom is -0.472 e. The molecule has 0 saturated heterocycles. The molecule has 122 valence electrons. The Bertz CT molecular complexity index is 1010. The maximum Gasteiger partial charge on any atom is 0.271 e. The summed E-state index contributed by atoms with van der Waals surface area (Å²) in [7, 11) is 0. The third kappa shape index (κ3) is 3.23. The van der Waals surface area contributed by atoms with Gasteiger partial charge in [0.05, 0.1) is 35.5 Å². The Labute approximate surface area is 143 Å². The molecule has 1 aromatic carbocycles. The van der Waals surface area contributed by atoms with Gasteiger partial charge in [-0.2, -0.15) is 0 Å². The van der Waals surface area contributed by atoms with Crippen LogP contribution in [0, 0.1) is 0 Å². The second-order valence-electron chi connectivity index (χ2n) is 5.49. The van der Waals surface area contributed by atoms with Crippen LogP contribution >= 0.6 is 0 Å². The first-order valence-electron chi connectivity index (χ1n) is 7.77. The van der Waals surface area contributed by atoms with Crippen LogP contribution in [0.5, 0.6) is 0 Å². The van der Waals surface area contributed by atoms with Crippen molar-refractivity contribution in [3.8, 4) is 11.3 Å². The van der Waals surface area contributed by atoms with Crippen molar-refractivity contribution in [3.63, 3.8) is 0 Å². The van der Waals surface area contributed by atoms with Crippen LogP contribution in [0.4, 0.5) is 0 Å². The lowest BCUT2D eigenvalue weighted by molar-refractivity contribution is 0.0946. The van der Waals surface area contributed by atoms with E-state index in [4.69, 9.17) is 4.42 Å². The number of carbonyl (C=O) groups excluding carboxylic acids is 1. The van der Waals surface area contributed by atoms with Crippen LogP contribution in [0.1, 0.15) is 16.1 Å². The minimum absolute atomic E-state index is 0.267. The molecule has 0 aliphatic carbocycles. The summed E-state index contributed by atoms with van der Waals surface area (Å²) in [6.07, 6.45) is 6.46. The molecule has 6 nitrogen and oxygen atoms in total. The molecule has 0 radical (unpaired) electrons. The number of pyridine rings is 1. The molecular weight excluding hydrogens is 316 g/mol. The van der Waals surface area contributed by atoms with Gasteiger partial charge in [0.1, 0.15) is 5.69 Å². The number of amides is 1. The van der Waals surface area contributed by atoms with Crippen molar-refractivity contribution in [3.05, 3.63) is 78.6 Å². The minimum atomic E-state index is -0.267. The molecule has 0 unspecified atom stereocenters. The number of nitrogens with zero attached hydrogens (tertiary/aromatic N) is 3. The third-order valence-corrected chi connectivity index (χ3v) is 3.78. The number of carbonyl (C=O) groups is 1. The van der Waals surface area contributed by atoms with Gasteiger partial charge in [-0.05, 0) is 29.8 Å². The fraction of sp³-hybridized carbons (Fsp3) is 0.0526. The molecular formula is C19H14N4O2. The highest BCUT2D eigenvalue weighted by molar-refractivity contribution is 5.93. The Kier molecular flexibility index (Phi) is 3.92. The first kappa shape index (κ1) is 15.0. The summed E-state index contributed by atoms with van der Waals surface area (Å²) in [5, 5.41) is 2.83. The quantitative estimate of drug-likeness (QED) is 0.621. The van der Waals surface area contributed by atoms with Crippen LogP contribution in [-0.2, 0) is 6.54 Å². The van der Waals surface area contributed by atoms with Gasteiger partial charge in [-0.3, -0.25) is 14.8 Å². The summed E-state index contributed by atoms with van der Waals surface area (Å²) in [6, 6.07) is 13.1. The molecule has 4 aromatic rings. The van der Waals surface area contributed by atoms with Gasteiger partial charge < -0.3 is 9.73 Å². The molecule has 1 N–H and O–H groups in total. The van der Waals surface area contributed by atoms with E-state index in [1.807, 2.05) is 42.5 Å². The summed E-state index contributed by atoms with van der Waals surface area (Å²) >= 11 is 0. The Morgan fingerprint density at radius 1 is 1.00 bits per heavy atom. The van der Waals surface area contributed by atoms with Crippen LogP contribution in [0.3, 0.4) is 0 Å². The van der Waals surface area contributed by atoms with E-state index in [1.54, 1.807) is 18.7 Å². The summed E-state index contributed by atoms with van der Waals surface area (Å²) < 4.78 is 5.05. The fourth-order valence-electron chi connectivity index (χ4n) is 2.45. The Morgan fingerprint density at radius 2 is 1.88 bits per heavy atom. The lowest BCUT2D eigenvalue weighted by Gasteiger charge is -2.06. The predicted octanol–water partition coefficient (Wildman–Crippen LogP) is 3.21. The van der Waals surface area contributed by atoms with E-state index in [-0.39, 0.29) is 5.91 Å². The van der Waals surface area contributed by atoms with Gasteiger partial charge in [0.25, 0.3) is 5.91 Å². The number of fused-ring (bicyclic) bond motifs is 1. The summed E-state index contributed by atoms with van der Waals surface area (Å²) in [5.74, 6) is -0.267. The van der Waals surface area contributed by atoms with Gasteiger partial charge in [0.15, 0.2) is 0 Å². The lowest BCUT2D eigenvalue weighted by Crippen LogP contribution is -2.24. The van der Waals surface area contributed by atoms with E-state index in [0.717, 1.165) is 22.3 Å². The molecule has 0 spiro atoms. The average Bonchev–Trinajstić information content (AvgIpc) is 3.21. The normalized spacial score (nSPS) is 10.7. The number of hydrogen-bond acceptors (Lipinski definition) is 5. The number of benzene rings is 1. The zero-order valence-electron chi connectivity index (χ0n) is 13.2. The zero-order chi connectivity index (χ0) is 17.1.